The summed E-state index contributed by atoms with van der Waals surface area (Å²) >= 11 is 2.54. The van der Waals surface area contributed by atoms with Gasteiger partial charge in [-0.2, -0.15) is 5.10 Å². The lowest BCUT2D eigenvalue weighted by molar-refractivity contribution is -0.116. The minimum Gasteiger partial charge on any atom is -0.325 e. The van der Waals surface area contributed by atoms with E-state index in [0.29, 0.717) is 15.9 Å². The summed E-state index contributed by atoms with van der Waals surface area (Å²) in [5, 5.41) is 18.3. The summed E-state index contributed by atoms with van der Waals surface area (Å²) in [6.45, 7) is 5.96. The third-order valence-electron chi connectivity index (χ3n) is 4.42. The Hall–Kier alpha value is -2.72. The van der Waals surface area contributed by atoms with E-state index in [1.807, 2.05) is 52.2 Å². The highest BCUT2D eigenvalue weighted by molar-refractivity contribution is 8.01. The van der Waals surface area contributed by atoms with Crippen molar-refractivity contribution in [2.45, 2.75) is 37.4 Å². The number of hydrogen-bond donors (Lipinski definition) is 2. The molecule has 0 aliphatic carbocycles. The van der Waals surface area contributed by atoms with Crippen molar-refractivity contribution in [2.24, 2.45) is 7.05 Å². The van der Waals surface area contributed by atoms with Gasteiger partial charge in [-0.05, 0) is 37.0 Å². The Bertz CT molecular complexity index is 1050. The van der Waals surface area contributed by atoms with Crippen molar-refractivity contribution < 1.29 is 9.59 Å². The lowest BCUT2D eigenvalue weighted by Crippen LogP contribution is -2.14. The van der Waals surface area contributed by atoms with E-state index in [-0.39, 0.29) is 23.5 Å². The van der Waals surface area contributed by atoms with Crippen LogP contribution in [0.15, 0.2) is 34.9 Å². The first kappa shape index (κ1) is 22.0. The zero-order valence-corrected chi connectivity index (χ0v) is 18.9. The quantitative estimate of drug-likeness (QED) is 0.405. The van der Waals surface area contributed by atoms with E-state index in [1.54, 1.807) is 10.9 Å². The molecule has 0 radical (unpaired) electrons. The van der Waals surface area contributed by atoms with Crippen LogP contribution in [0.5, 0.6) is 0 Å². The van der Waals surface area contributed by atoms with E-state index in [2.05, 4.69) is 25.9 Å². The summed E-state index contributed by atoms with van der Waals surface area (Å²) < 4.78 is 2.34. The number of thioether (sulfide) groups is 1. The van der Waals surface area contributed by atoms with Gasteiger partial charge in [-0.3, -0.25) is 14.3 Å². The van der Waals surface area contributed by atoms with Gasteiger partial charge in [-0.15, -0.1) is 10.2 Å². The molecular formula is C20H24N6O2S2. The molecule has 0 spiro atoms. The third-order valence-corrected chi connectivity index (χ3v) is 6.39. The van der Waals surface area contributed by atoms with Crippen molar-refractivity contribution in [3.8, 4) is 0 Å². The number of anilines is 2. The molecular weight excluding hydrogens is 420 g/mol. The fourth-order valence-electron chi connectivity index (χ4n) is 2.85. The van der Waals surface area contributed by atoms with Gasteiger partial charge in [0, 0.05) is 25.4 Å². The zero-order chi connectivity index (χ0) is 21.7. The predicted molar refractivity (Wildman–Crippen MR) is 120 cm³/mol. The Labute approximate surface area is 183 Å². The van der Waals surface area contributed by atoms with Gasteiger partial charge in [0.25, 0.3) is 0 Å². The molecule has 0 saturated heterocycles. The number of carbonyl (C=O) groups excluding carboxylic acids is 2. The van der Waals surface area contributed by atoms with Crippen LogP contribution in [0, 0.1) is 13.8 Å². The van der Waals surface area contributed by atoms with E-state index >= 15 is 0 Å². The first-order valence-electron chi connectivity index (χ1n) is 9.42. The number of nitrogens with one attached hydrogen (secondary N) is 2. The number of aromatic nitrogens is 4. The molecule has 2 N–H and O–H groups in total. The molecule has 8 nitrogen and oxygen atoms in total. The Morgan fingerprint density at radius 1 is 1.20 bits per heavy atom. The smallest absolute Gasteiger partial charge is 0.234 e. The summed E-state index contributed by atoms with van der Waals surface area (Å²) in [4.78, 5) is 24.5. The summed E-state index contributed by atoms with van der Waals surface area (Å²) in [5.41, 5.74) is 3.99. The highest BCUT2D eigenvalue weighted by atomic mass is 32.2. The minimum absolute atomic E-state index is 0.0504. The van der Waals surface area contributed by atoms with Crippen LogP contribution in [0.3, 0.4) is 0 Å². The largest absolute Gasteiger partial charge is 0.325 e. The van der Waals surface area contributed by atoms with Crippen LogP contribution >= 0.6 is 23.1 Å². The molecule has 158 valence electrons. The van der Waals surface area contributed by atoms with Gasteiger partial charge in [0.1, 0.15) is 0 Å². The molecule has 2 aromatic heterocycles. The van der Waals surface area contributed by atoms with Crippen LogP contribution < -0.4 is 10.6 Å². The van der Waals surface area contributed by atoms with Crippen molar-refractivity contribution in [3.63, 3.8) is 0 Å². The molecule has 0 bridgehead atoms. The highest BCUT2D eigenvalue weighted by Gasteiger charge is 2.15. The zero-order valence-electron chi connectivity index (χ0n) is 17.3. The molecule has 2 amide bonds. The van der Waals surface area contributed by atoms with Gasteiger partial charge < -0.3 is 10.6 Å². The van der Waals surface area contributed by atoms with Crippen LogP contribution in [-0.2, 0) is 16.6 Å². The number of benzene rings is 1. The summed E-state index contributed by atoms with van der Waals surface area (Å²) in [7, 11) is 1.85. The molecule has 3 aromatic rings. The van der Waals surface area contributed by atoms with E-state index in [1.165, 1.54) is 23.1 Å². The molecule has 0 aliphatic heterocycles. The maximum atomic E-state index is 12.3. The van der Waals surface area contributed by atoms with E-state index in [9.17, 15) is 9.59 Å². The molecule has 3 rings (SSSR count). The van der Waals surface area contributed by atoms with E-state index in [4.69, 9.17) is 0 Å². The van der Waals surface area contributed by atoms with Gasteiger partial charge in [0.15, 0.2) is 4.34 Å². The average molecular weight is 445 g/mol. The fourth-order valence-corrected chi connectivity index (χ4v) is 4.42. The summed E-state index contributed by atoms with van der Waals surface area (Å²) in [6.07, 6.45) is 3.99. The number of aryl methyl sites for hydroxylation is 3. The van der Waals surface area contributed by atoms with Gasteiger partial charge in [-0.25, -0.2) is 0 Å². The average Bonchev–Trinajstić information content (AvgIpc) is 3.31. The van der Waals surface area contributed by atoms with Gasteiger partial charge >= 0.3 is 0 Å². The molecule has 1 aromatic carbocycles. The molecule has 1 unspecified atom stereocenters. The first-order chi connectivity index (χ1) is 14.3. The maximum absolute atomic E-state index is 12.3. The monoisotopic (exact) mass is 444 g/mol. The summed E-state index contributed by atoms with van der Waals surface area (Å²) in [5.74, 6) is 0.0209. The molecule has 0 saturated carbocycles. The van der Waals surface area contributed by atoms with E-state index < -0.39 is 0 Å². The Morgan fingerprint density at radius 3 is 2.70 bits per heavy atom. The summed E-state index contributed by atoms with van der Waals surface area (Å²) in [6, 6.07) is 5.89. The van der Waals surface area contributed by atoms with Crippen LogP contribution in [0.2, 0.25) is 0 Å². The molecule has 10 heteroatoms. The SMILES string of the molecule is Cc1ccc(NC(=O)CSc2nnc(NC(=O)CC(C)c3cnn(C)c3)s2)c(C)c1. The van der Waals surface area contributed by atoms with Crippen molar-refractivity contribution in [3.05, 3.63) is 47.3 Å². The number of amides is 2. The first-order valence-corrected chi connectivity index (χ1v) is 11.2. The van der Waals surface area contributed by atoms with Crippen LogP contribution in [0.25, 0.3) is 0 Å². The van der Waals surface area contributed by atoms with Crippen molar-refractivity contribution >= 4 is 45.7 Å². The lowest BCUT2D eigenvalue weighted by atomic mass is 10.0. The van der Waals surface area contributed by atoms with Crippen LogP contribution in [-0.4, -0.2) is 37.5 Å². The second kappa shape index (κ2) is 9.86. The number of rotatable bonds is 8. The number of carbonyl (C=O) groups is 2. The fraction of sp³-hybridized carbons (Fsp3) is 0.350. The predicted octanol–water partition coefficient (Wildman–Crippen LogP) is 3.75. The van der Waals surface area contributed by atoms with Gasteiger partial charge in [-0.1, -0.05) is 47.7 Å². The molecule has 0 aliphatic rings. The topological polar surface area (TPSA) is 102 Å². The standard InChI is InChI=1S/C20H24N6O2S2/c1-12-5-6-16(14(3)7-12)22-18(28)11-29-20-25-24-19(30-20)23-17(27)8-13(2)15-9-21-26(4)10-15/h5-7,9-10,13H,8,11H2,1-4H3,(H,22,28)(H,23,24,27). The number of hydrogen-bond acceptors (Lipinski definition) is 7. The molecule has 30 heavy (non-hydrogen) atoms. The van der Waals surface area contributed by atoms with Crippen LogP contribution in [0.4, 0.5) is 10.8 Å². The van der Waals surface area contributed by atoms with Crippen molar-refractivity contribution in [2.75, 3.05) is 16.4 Å². The molecule has 0 fully saturated rings. The maximum Gasteiger partial charge on any atom is 0.234 e. The minimum atomic E-state index is -0.133. The Morgan fingerprint density at radius 2 is 2.00 bits per heavy atom. The van der Waals surface area contributed by atoms with Gasteiger partial charge in [0.05, 0.1) is 11.9 Å². The van der Waals surface area contributed by atoms with Gasteiger partial charge in [0.2, 0.25) is 16.9 Å². The number of nitrogens with zero attached hydrogens (tertiary/aromatic N) is 4. The molecule has 2 heterocycles. The van der Waals surface area contributed by atoms with Crippen LogP contribution in [0.1, 0.15) is 36.0 Å². The van der Waals surface area contributed by atoms with Crippen molar-refractivity contribution in [1.29, 1.82) is 0 Å². The lowest BCUT2D eigenvalue weighted by Gasteiger charge is -2.08. The van der Waals surface area contributed by atoms with Crippen molar-refractivity contribution in [1.82, 2.24) is 20.0 Å². The Balaban J connectivity index is 1.46. The Kier molecular flexibility index (Phi) is 7.22. The third kappa shape index (κ3) is 6.14. The second-order valence-corrected chi connectivity index (χ2v) is 9.33. The van der Waals surface area contributed by atoms with E-state index in [0.717, 1.165) is 22.4 Å². The second-order valence-electron chi connectivity index (χ2n) is 7.13. The highest BCUT2D eigenvalue weighted by Crippen LogP contribution is 2.27. The normalized spacial score (nSPS) is 11.9. The molecule has 1 atom stereocenters.